The molecule has 6 heteroatoms. The molecule has 0 radical (unpaired) electrons. The minimum Gasteiger partial charge on any atom is -0.387 e. The van der Waals surface area contributed by atoms with Gasteiger partial charge >= 0.3 is 0 Å². The number of fused-ring (bicyclic) bond motifs is 1. The molecule has 5 unspecified atom stereocenters. The Morgan fingerprint density at radius 2 is 1.07 bits per heavy atom. The summed E-state index contributed by atoms with van der Waals surface area (Å²) in [5.41, 5.74) is 0. The van der Waals surface area contributed by atoms with Gasteiger partial charge in [0.1, 0.15) is 36.6 Å². The quantitative estimate of drug-likeness (QED) is 0.352. The summed E-state index contributed by atoms with van der Waals surface area (Å²) in [4.78, 5) is 0. The lowest BCUT2D eigenvalue weighted by molar-refractivity contribution is -0.192. The number of ether oxygens (including phenoxy) is 2. The fourth-order valence-electron chi connectivity index (χ4n) is 1.97. The minimum absolute atomic E-state index is 0.549. The molecule has 7 atom stereocenters. The van der Waals surface area contributed by atoms with Crippen molar-refractivity contribution in [2.75, 3.05) is 0 Å². The Kier molecular flexibility index (Phi) is 2.50. The molecule has 0 aromatic rings. The van der Waals surface area contributed by atoms with Crippen molar-refractivity contribution in [1.29, 1.82) is 0 Å². The first-order chi connectivity index (χ1) is 6.52. The van der Waals surface area contributed by atoms with Crippen molar-refractivity contribution in [3.8, 4) is 0 Å². The lowest BCUT2D eigenvalue weighted by Gasteiger charge is -2.38. The van der Waals surface area contributed by atoms with Gasteiger partial charge in [-0.15, -0.1) is 0 Å². The van der Waals surface area contributed by atoms with Gasteiger partial charge in [0.25, 0.3) is 0 Å². The third kappa shape index (κ3) is 1.35. The molecule has 1 aliphatic heterocycles. The Bertz CT molecular complexity index is 200. The van der Waals surface area contributed by atoms with Crippen LogP contribution in [-0.2, 0) is 9.47 Å². The Balaban J connectivity index is 2.19. The normalized spacial score (nSPS) is 58.5. The average molecular weight is 206 g/mol. The zero-order valence-corrected chi connectivity index (χ0v) is 7.65. The maximum Gasteiger partial charge on any atom is 0.156 e. The van der Waals surface area contributed by atoms with Gasteiger partial charge < -0.3 is 29.9 Å². The van der Waals surface area contributed by atoms with E-state index in [1.54, 1.807) is 6.92 Å². The molecule has 4 N–H and O–H groups in total. The van der Waals surface area contributed by atoms with Crippen LogP contribution < -0.4 is 0 Å². The second-order valence-corrected chi connectivity index (χ2v) is 3.73. The molecule has 2 fully saturated rings. The van der Waals surface area contributed by atoms with E-state index in [4.69, 9.17) is 9.47 Å². The largest absolute Gasteiger partial charge is 0.387 e. The van der Waals surface area contributed by atoms with Crippen LogP contribution in [0.4, 0.5) is 0 Å². The Hall–Kier alpha value is -0.240. The lowest BCUT2D eigenvalue weighted by Crippen LogP contribution is -2.62. The van der Waals surface area contributed by atoms with E-state index in [0.29, 0.717) is 0 Å². The van der Waals surface area contributed by atoms with Crippen LogP contribution in [0, 0.1) is 0 Å². The van der Waals surface area contributed by atoms with E-state index in [9.17, 15) is 20.4 Å². The van der Waals surface area contributed by atoms with Gasteiger partial charge in [-0.2, -0.15) is 0 Å². The van der Waals surface area contributed by atoms with Gasteiger partial charge in [-0.1, -0.05) is 0 Å². The molecule has 82 valence electrons. The van der Waals surface area contributed by atoms with Crippen molar-refractivity contribution in [3.05, 3.63) is 0 Å². The molecule has 1 heterocycles. The first kappa shape index (κ1) is 10.3. The minimum atomic E-state index is -1.40. The molecule has 1 saturated carbocycles. The van der Waals surface area contributed by atoms with Gasteiger partial charge in [0.15, 0.2) is 6.29 Å². The SMILES string of the molecule is CC1OC2C(O)[C@@H](O)C(O)[C@@H](O)C2O1. The predicted octanol–water partition coefficient (Wildman–Crippen LogP) is -2.43. The summed E-state index contributed by atoms with van der Waals surface area (Å²) >= 11 is 0. The maximum absolute atomic E-state index is 9.53. The van der Waals surface area contributed by atoms with Crippen LogP contribution in [0.5, 0.6) is 0 Å². The van der Waals surface area contributed by atoms with Crippen LogP contribution in [0.25, 0.3) is 0 Å². The topological polar surface area (TPSA) is 99.4 Å². The standard InChI is InChI=1S/C8H14O6/c1-2-13-7-5(11)3(9)4(10)6(12)8(7)14-2/h2-12H,1H3/t2?,3-,4?,5?,6+,7?,8?/m0/s1. The van der Waals surface area contributed by atoms with Crippen LogP contribution in [-0.4, -0.2) is 63.3 Å². The van der Waals surface area contributed by atoms with Gasteiger partial charge in [-0.25, -0.2) is 0 Å². The number of aliphatic hydroxyl groups excluding tert-OH is 4. The van der Waals surface area contributed by atoms with Gasteiger partial charge in [-0.3, -0.25) is 0 Å². The van der Waals surface area contributed by atoms with Crippen LogP contribution >= 0.6 is 0 Å². The van der Waals surface area contributed by atoms with Gasteiger partial charge in [0, 0.05) is 0 Å². The molecule has 2 aliphatic rings. The summed E-state index contributed by atoms with van der Waals surface area (Å²) < 4.78 is 10.3. The second kappa shape index (κ2) is 3.41. The fraction of sp³-hybridized carbons (Fsp3) is 1.00. The van der Waals surface area contributed by atoms with Crippen LogP contribution in [0.3, 0.4) is 0 Å². The summed E-state index contributed by atoms with van der Waals surface area (Å²) in [6, 6.07) is 0. The van der Waals surface area contributed by atoms with Gasteiger partial charge in [-0.05, 0) is 6.92 Å². The second-order valence-electron chi connectivity index (χ2n) is 3.73. The number of aliphatic hydroxyl groups is 4. The predicted molar refractivity (Wildman–Crippen MR) is 43.2 cm³/mol. The van der Waals surface area contributed by atoms with Gasteiger partial charge in [0.05, 0.1) is 0 Å². The van der Waals surface area contributed by atoms with Crippen LogP contribution in [0.2, 0.25) is 0 Å². The first-order valence-corrected chi connectivity index (χ1v) is 4.55. The molecule has 1 saturated heterocycles. The van der Waals surface area contributed by atoms with E-state index < -0.39 is 42.9 Å². The first-order valence-electron chi connectivity index (χ1n) is 4.55. The maximum atomic E-state index is 9.53. The summed E-state index contributed by atoms with van der Waals surface area (Å²) in [6.07, 6.45) is -7.38. The van der Waals surface area contributed by atoms with Crippen molar-refractivity contribution >= 4 is 0 Å². The summed E-state index contributed by atoms with van der Waals surface area (Å²) in [5.74, 6) is 0. The Labute approximate surface area is 80.7 Å². The molecular formula is C8H14O6. The zero-order chi connectivity index (χ0) is 10.5. The molecule has 0 bridgehead atoms. The third-order valence-corrected chi connectivity index (χ3v) is 2.74. The summed E-state index contributed by atoms with van der Waals surface area (Å²) in [6.45, 7) is 1.62. The van der Waals surface area contributed by atoms with E-state index in [2.05, 4.69) is 0 Å². The number of hydrogen-bond acceptors (Lipinski definition) is 6. The van der Waals surface area contributed by atoms with E-state index in [1.165, 1.54) is 0 Å². The van der Waals surface area contributed by atoms with E-state index in [0.717, 1.165) is 0 Å². The number of rotatable bonds is 0. The lowest BCUT2D eigenvalue weighted by atomic mass is 9.85. The molecule has 6 nitrogen and oxygen atoms in total. The highest BCUT2D eigenvalue weighted by molar-refractivity contribution is 5.02. The molecule has 0 aromatic heterocycles. The van der Waals surface area contributed by atoms with Gasteiger partial charge in [0.2, 0.25) is 0 Å². The van der Waals surface area contributed by atoms with Crippen molar-refractivity contribution in [2.45, 2.75) is 49.8 Å². The monoisotopic (exact) mass is 206 g/mol. The highest BCUT2D eigenvalue weighted by Gasteiger charge is 2.54. The van der Waals surface area contributed by atoms with Crippen molar-refractivity contribution in [3.63, 3.8) is 0 Å². The molecule has 1 aliphatic carbocycles. The summed E-state index contributed by atoms with van der Waals surface area (Å²) in [5, 5.41) is 37.8. The average Bonchev–Trinajstić information content (AvgIpc) is 2.54. The third-order valence-electron chi connectivity index (χ3n) is 2.74. The number of hydrogen-bond donors (Lipinski definition) is 4. The van der Waals surface area contributed by atoms with Crippen LogP contribution in [0.15, 0.2) is 0 Å². The molecule has 14 heavy (non-hydrogen) atoms. The molecule has 2 rings (SSSR count). The Morgan fingerprint density at radius 1 is 0.714 bits per heavy atom. The van der Waals surface area contributed by atoms with Crippen molar-refractivity contribution in [1.82, 2.24) is 0 Å². The van der Waals surface area contributed by atoms with Crippen LogP contribution in [0.1, 0.15) is 6.92 Å². The molecule has 0 amide bonds. The van der Waals surface area contributed by atoms with E-state index in [1.807, 2.05) is 0 Å². The van der Waals surface area contributed by atoms with Crippen molar-refractivity contribution < 1.29 is 29.9 Å². The Morgan fingerprint density at radius 3 is 1.43 bits per heavy atom. The smallest absolute Gasteiger partial charge is 0.156 e. The molecule has 0 spiro atoms. The fourth-order valence-corrected chi connectivity index (χ4v) is 1.97. The zero-order valence-electron chi connectivity index (χ0n) is 7.65. The summed E-state index contributed by atoms with van der Waals surface area (Å²) in [7, 11) is 0. The van der Waals surface area contributed by atoms with Crippen molar-refractivity contribution in [2.24, 2.45) is 0 Å². The molecule has 0 aromatic carbocycles. The van der Waals surface area contributed by atoms with E-state index >= 15 is 0 Å². The highest BCUT2D eigenvalue weighted by atomic mass is 16.7. The molecular weight excluding hydrogens is 192 g/mol. The van der Waals surface area contributed by atoms with E-state index in [-0.39, 0.29) is 0 Å². The highest BCUT2D eigenvalue weighted by Crippen LogP contribution is 2.32.